The van der Waals surface area contributed by atoms with Gasteiger partial charge in [0, 0.05) is 10.9 Å². The minimum absolute atomic E-state index is 0.138. The standard InChI is InChI=1S/C25H20N2O5S/c1-14-9-11-15(12-10-14)16-5-3-7-18(24(16)32-2)25-26-19-13-21(33(29,30)31)17-6-4-8-20(28)22(17)23(19)27-25/h3-13,28H,1-2H3,(H,26,27)(H,29,30,31). The van der Waals surface area contributed by atoms with Crippen molar-refractivity contribution in [2.75, 3.05) is 7.11 Å². The van der Waals surface area contributed by atoms with E-state index in [1.54, 1.807) is 7.11 Å². The molecule has 0 aliphatic carbocycles. The minimum atomic E-state index is -4.54. The first-order valence-corrected chi connectivity index (χ1v) is 11.6. The highest BCUT2D eigenvalue weighted by molar-refractivity contribution is 7.86. The number of methoxy groups -OCH3 is 1. The number of H-pyrrole nitrogens is 1. The third-order valence-corrected chi connectivity index (χ3v) is 6.56. The van der Waals surface area contributed by atoms with Crippen molar-refractivity contribution >= 4 is 31.9 Å². The Morgan fingerprint density at radius 1 is 0.970 bits per heavy atom. The number of phenolic OH excluding ortho intramolecular Hbond substituents is 1. The van der Waals surface area contributed by atoms with Gasteiger partial charge in [-0.2, -0.15) is 8.42 Å². The molecule has 1 heterocycles. The lowest BCUT2D eigenvalue weighted by Gasteiger charge is -2.12. The van der Waals surface area contributed by atoms with E-state index in [4.69, 9.17) is 4.74 Å². The van der Waals surface area contributed by atoms with Crippen molar-refractivity contribution in [3.8, 4) is 34.0 Å². The van der Waals surface area contributed by atoms with Gasteiger partial charge in [-0.3, -0.25) is 4.55 Å². The highest BCUT2D eigenvalue weighted by Gasteiger charge is 2.22. The molecule has 1 aromatic heterocycles. The number of aryl methyl sites for hydroxylation is 1. The Morgan fingerprint density at radius 3 is 2.36 bits per heavy atom. The first kappa shape index (κ1) is 21.0. The lowest BCUT2D eigenvalue weighted by atomic mass is 10.00. The fourth-order valence-corrected chi connectivity index (χ4v) is 4.84. The summed E-state index contributed by atoms with van der Waals surface area (Å²) in [6.07, 6.45) is 0. The second-order valence-corrected chi connectivity index (χ2v) is 9.17. The topological polar surface area (TPSA) is 113 Å². The average Bonchev–Trinajstić information content (AvgIpc) is 3.22. The number of hydrogen-bond acceptors (Lipinski definition) is 5. The Kier molecular flexibility index (Phi) is 4.84. The van der Waals surface area contributed by atoms with E-state index >= 15 is 0 Å². The molecule has 0 fully saturated rings. The predicted octanol–water partition coefficient (Wildman–Crippen LogP) is 5.32. The van der Waals surface area contributed by atoms with Gasteiger partial charge < -0.3 is 14.8 Å². The van der Waals surface area contributed by atoms with E-state index in [0.717, 1.165) is 16.7 Å². The summed E-state index contributed by atoms with van der Waals surface area (Å²) in [6, 6.07) is 19.6. The largest absolute Gasteiger partial charge is 0.507 e. The van der Waals surface area contributed by atoms with Gasteiger partial charge in [0.15, 0.2) is 0 Å². The summed E-state index contributed by atoms with van der Waals surface area (Å²) < 4.78 is 39.6. The molecule has 8 heteroatoms. The predicted molar refractivity (Wildman–Crippen MR) is 127 cm³/mol. The van der Waals surface area contributed by atoms with Gasteiger partial charge in [-0.25, -0.2) is 4.98 Å². The molecular formula is C25H20N2O5S. The molecule has 7 nitrogen and oxygen atoms in total. The molecule has 3 N–H and O–H groups in total. The zero-order chi connectivity index (χ0) is 23.3. The number of benzene rings is 4. The van der Waals surface area contributed by atoms with Gasteiger partial charge in [-0.15, -0.1) is 0 Å². The molecule has 0 bridgehead atoms. The van der Waals surface area contributed by atoms with Crippen molar-refractivity contribution in [3.63, 3.8) is 0 Å². The van der Waals surface area contributed by atoms with E-state index in [1.807, 2.05) is 49.4 Å². The van der Waals surface area contributed by atoms with E-state index in [1.165, 1.54) is 24.3 Å². The Morgan fingerprint density at radius 2 is 1.67 bits per heavy atom. The van der Waals surface area contributed by atoms with Crippen LogP contribution in [0.1, 0.15) is 5.56 Å². The second-order valence-electron chi connectivity index (χ2n) is 7.78. The summed E-state index contributed by atoms with van der Waals surface area (Å²) in [5.41, 5.74) is 4.41. The van der Waals surface area contributed by atoms with Crippen LogP contribution in [0.3, 0.4) is 0 Å². The number of aromatic amines is 1. The lowest BCUT2D eigenvalue weighted by molar-refractivity contribution is 0.418. The van der Waals surface area contributed by atoms with E-state index in [-0.39, 0.29) is 21.4 Å². The zero-order valence-corrected chi connectivity index (χ0v) is 18.6. The van der Waals surface area contributed by atoms with Gasteiger partial charge in [0.25, 0.3) is 10.1 Å². The SMILES string of the molecule is COc1c(-c2ccc(C)cc2)cccc1-c1nc2c(cc(S(=O)(=O)O)c3cccc(O)c32)[nH]1. The highest BCUT2D eigenvalue weighted by atomic mass is 32.2. The molecule has 0 spiro atoms. The smallest absolute Gasteiger partial charge is 0.295 e. The maximum absolute atomic E-state index is 12.0. The van der Waals surface area contributed by atoms with Crippen LogP contribution in [0, 0.1) is 6.92 Å². The van der Waals surface area contributed by atoms with Gasteiger partial charge in [0.2, 0.25) is 0 Å². The van der Waals surface area contributed by atoms with Crippen molar-refractivity contribution in [1.82, 2.24) is 9.97 Å². The van der Waals surface area contributed by atoms with Crippen LogP contribution in [-0.2, 0) is 10.1 Å². The Hall–Kier alpha value is -3.88. The molecule has 0 radical (unpaired) electrons. The van der Waals surface area contributed by atoms with Crippen LogP contribution in [0.25, 0.3) is 44.3 Å². The molecule has 5 aromatic rings. The summed E-state index contributed by atoms with van der Waals surface area (Å²) in [5, 5.41) is 10.9. The minimum Gasteiger partial charge on any atom is -0.507 e. The van der Waals surface area contributed by atoms with E-state index in [0.29, 0.717) is 28.2 Å². The zero-order valence-electron chi connectivity index (χ0n) is 17.8. The van der Waals surface area contributed by atoms with Crippen molar-refractivity contribution in [2.24, 2.45) is 0 Å². The van der Waals surface area contributed by atoms with Crippen molar-refractivity contribution in [3.05, 3.63) is 72.3 Å². The number of aromatic hydroxyl groups is 1. The number of rotatable bonds is 4. The second kappa shape index (κ2) is 7.61. The fourth-order valence-electron chi connectivity index (χ4n) is 4.13. The maximum Gasteiger partial charge on any atom is 0.295 e. The highest BCUT2D eigenvalue weighted by Crippen LogP contribution is 2.41. The van der Waals surface area contributed by atoms with Crippen molar-refractivity contribution in [1.29, 1.82) is 0 Å². The van der Waals surface area contributed by atoms with Crippen LogP contribution in [0.4, 0.5) is 0 Å². The van der Waals surface area contributed by atoms with Crippen LogP contribution < -0.4 is 4.74 Å². The number of hydrogen-bond donors (Lipinski definition) is 3. The number of nitrogens with zero attached hydrogens (tertiary/aromatic N) is 1. The molecule has 0 saturated carbocycles. The molecule has 0 aliphatic rings. The van der Waals surface area contributed by atoms with Gasteiger partial charge >= 0.3 is 0 Å². The van der Waals surface area contributed by atoms with Crippen molar-refractivity contribution < 1.29 is 22.8 Å². The van der Waals surface area contributed by atoms with Gasteiger partial charge in [0.05, 0.1) is 23.6 Å². The summed E-state index contributed by atoms with van der Waals surface area (Å²) in [6.45, 7) is 2.02. The van der Waals surface area contributed by atoms with Gasteiger partial charge in [-0.05, 0) is 30.7 Å². The molecule has 0 amide bonds. The number of ether oxygens (including phenoxy) is 1. The Balaban J connectivity index is 1.80. The Labute approximate surface area is 190 Å². The summed E-state index contributed by atoms with van der Waals surface area (Å²) in [7, 11) is -2.96. The molecule has 0 unspecified atom stereocenters. The maximum atomic E-state index is 12.0. The third-order valence-electron chi connectivity index (χ3n) is 5.67. The number of para-hydroxylation sites is 1. The summed E-state index contributed by atoms with van der Waals surface area (Å²) >= 11 is 0. The van der Waals surface area contributed by atoms with Crippen LogP contribution in [0.5, 0.6) is 11.5 Å². The van der Waals surface area contributed by atoms with E-state index in [9.17, 15) is 18.1 Å². The third kappa shape index (κ3) is 3.49. The molecule has 4 aromatic carbocycles. The molecule has 0 aliphatic heterocycles. The number of nitrogens with one attached hydrogen (secondary N) is 1. The first-order valence-electron chi connectivity index (χ1n) is 10.1. The van der Waals surface area contributed by atoms with Crippen LogP contribution in [0.15, 0.2) is 71.6 Å². The molecule has 33 heavy (non-hydrogen) atoms. The number of imidazole rings is 1. The number of phenols is 1. The van der Waals surface area contributed by atoms with Gasteiger partial charge in [-0.1, -0.05) is 54.1 Å². The molecule has 5 rings (SSSR count). The van der Waals surface area contributed by atoms with Gasteiger partial charge in [0.1, 0.15) is 27.7 Å². The van der Waals surface area contributed by atoms with E-state index < -0.39 is 10.1 Å². The first-order chi connectivity index (χ1) is 15.8. The fraction of sp³-hybridized carbons (Fsp3) is 0.0800. The quantitative estimate of drug-likeness (QED) is 0.313. The van der Waals surface area contributed by atoms with E-state index in [2.05, 4.69) is 9.97 Å². The van der Waals surface area contributed by atoms with Crippen molar-refractivity contribution in [2.45, 2.75) is 11.8 Å². The molecule has 166 valence electrons. The van der Waals surface area contributed by atoms with Crippen LogP contribution >= 0.6 is 0 Å². The summed E-state index contributed by atoms with van der Waals surface area (Å²) in [4.78, 5) is 7.50. The number of aromatic nitrogens is 2. The normalized spacial score (nSPS) is 11.8. The molecular weight excluding hydrogens is 440 g/mol. The summed E-state index contributed by atoms with van der Waals surface area (Å²) in [5.74, 6) is 0.901. The average molecular weight is 461 g/mol. The Bertz CT molecular complexity index is 1640. The lowest BCUT2D eigenvalue weighted by Crippen LogP contribution is -1.99. The van der Waals surface area contributed by atoms with Crippen LogP contribution in [0.2, 0.25) is 0 Å². The molecule has 0 atom stereocenters. The van der Waals surface area contributed by atoms with Crippen LogP contribution in [-0.4, -0.2) is 35.2 Å². The number of fused-ring (bicyclic) bond motifs is 3. The monoisotopic (exact) mass is 460 g/mol. The molecule has 0 saturated heterocycles.